The van der Waals surface area contributed by atoms with Crippen molar-refractivity contribution in [3.63, 3.8) is 0 Å². The lowest BCUT2D eigenvalue weighted by molar-refractivity contribution is 0.0789. The largest absolute Gasteiger partial charge is 0.497 e. The summed E-state index contributed by atoms with van der Waals surface area (Å²) in [5.41, 5.74) is 0.925. The van der Waals surface area contributed by atoms with Crippen LogP contribution in [0.25, 0.3) is 0 Å². The highest BCUT2D eigenvalue weighted by atomic mass is 79.9. The lowest BCUT2D eigenvalue weighted by atomic mass is 10.1. The average Bonchev–Trinajstić information content (AvgIpc) is 2.86. The van der Waals surface area contributed by atoms with Crippen LogP contribution >= 0.6 is 43.2 Å². The molecule has 0 radical (unpaired) electrons. The minimum absolute atomic E-state index is 0.0331. The van der Waals surface area contributed by atoms with Gasteiger partial charge in [-0.25, -0.2) is 0 Å². The van der Waals surface area contributed by atoms with Crippen LogP contribution in [0, 0.1) is 0 Å². The molecule has 0 atom stereocenters. The van der Waals surface area contributed by atoms with Crippen molar-refractivity contribution in [2.24, 2.45) is 0 Å². The highest BCUT2D eigenvalue weighted by Crippen LogP contribution is 2.33. The van der Waals surface area contributed by atoms with Gasteiger partial charge in [0.2, 0.25) is 0 Å². The van der Waals surface area contributed by atoms with E-state index in [1.54, 1.807) is 26.2 Å². The van der Waals surface area contributed by atoms with E-state index in [1.165, 1.54) is 11.3 Å². The van der Waals surface area contributed by atoms with Crippen LogP contribution in [-0.2, 0) is 6.54 Å². The van der Waals surface area contributed by atoms with E-state index in [2.05, 4.69) is 31.9 Å². The van der Waals surface area contributed by atoms with Crippen LogP contribution in [-0.4, -0.2) is 32.1 Å². The maximum absolute atomic E-state index is 12.5. The molecule has 0 saturated carbocycles. The molecule has 2 rings (SSSR count). The van der Waals surface area contributed by atoms with Gasteiger partial charge in [0.05, 0.1) is 22.9 Å². The normalized spacial score (nSPS) is 10.4. The first-order chi connectivity index (χ1) is 10.5. The number of hydrogen-bond acceptors (Lipinski definition) is 4. The number of halogens is 2. The third-order valence-electron chi connectivity index (χ3n) is 3.10. The van der Waals surface area contributed by atoms with Crippen molar-refractivity contribution < 1.29 is 14.3 Å². The third-order valence-corrected chi connectivity index (χ3v) is 6.35. The summed E-state index contributed by atoms with van der Waals surface area (Å²) >= 11 is 8.21. The Morgan fingerprint density at radius 1 is 1.23 bits per heavy atom. The lowest BCUT2D eigenvalue weighted by Gasteiger charge is -2.18. The summed E-state index contributed by atoms with van der Waals surface area (Å²) in [7, 11) is 4.98. The van der Waals surface area contributed by atoms with Crippen LogP contribution in [0.15, 0.2) is 32.5 Å². The molecule has 1 aromatic carbocycles. The second-order valence-electron chi connectivity index (χ2n) is 4.57. The molecule has 7 heteroatoms. The molecule has 0 unspecified atom stereocenters. The van der Waals surface area contributed by atoms with Crippen LogP contribution in [0.3, 0.4) is 0 Å². The fourth-order valence-corrected chi connectivity index (χ4v) is 3.98. The van der Waals surface area contributed by atoms with Crippen molar-refractivity contribution in [2.45, 2.75) is 6.54 Å². The Labute approximate surface area is 150 Å². The number of benzene rings is 1. The van der Waals surface area contributed by atoms with E-state index in [0.717, 1.165) is 19.6 Å². The fourth-order valence-electron chi connectivity index (χ4n) is 1.95. The summed E-state index contributed by atoms with van der Waals surface area (Å²) in [5, 5.41) is 0. The molecule has 0 N–H and O–H groups in total. The zero-order valence-electron chi connectivity index (χ0n) is 12.4. The minimum atomic E-state index is -0.0331. The molecule has 1 amide bonds. The summed E-state index contributed by atoms with van der Waals surface area (Å²) in [6, 6.07) is 7.39. The van der Waals surface area contributed by atoms with Gasteiger partial charge in [-0.2, -0.15) is 0 Å². The van der Waals surface area contributed by atoms with Crippen molar-refractivity contribution in [2.75, 3.05) is 21.3 Å². The molecule has 1 heterocycles. The molecule has 0 aliphatic carbocycles. The predicted octanol–water partition coefficient (Wildman–Crippen LogP) is 4.56. The Morgan fingerprint density at radius 2 is 1.95 bits per heavy atom. The number of carbonyl (C=O) groups is 1. The summed E-state index contributed by atoms with van der Waals surface area (Å²) in [5.74, 6) is 1.39. The molecule has 0 fully saturated rings. The van der Waals surface area contributed by atoms with Crippen LogP contribution in [0.5, 0.6) is 11.5 Å². The zero-order valence-corrected chi connectivity index (χ0v) is 16.3. The second-order valence-corrected chi connectivity index (χ2v) is 7.80. The Kier molecular flexibility index (Phi) is 5.88. The second kappa shape index (κ2) is 7.48. The van der Waals surface area contributed by atoms with E-state index < -0.39 is 0 Å². The number of amides is 1. The van der Waals surface area contributed by atoms with Crippen molar-refractivity contribution in [1.29, 1.82) is 0 Å². The fraction of sp³-hybridized carbons (Fsp3) is 0.267. The highest BCUT2D eigenvalue weighted by molar-refractivity contribution is 9.13. The topological polar surface area (TPSA) is 38.8 Å². The number of nitrogens with zero attached hydrogens (tertiary/aromatic N) is 1. The Bertz CT molecular complexity index is 668. The molecule has 0 aliphatic rings. The van der Waals surface area contributed by atoms with Gasteiger partial charge in [-0.15, -0.1) is 11.3 Å². The van der Waals surface area contributed by atoms with Gasteiger partial charge < -0.3 is 14.4 Å². The quantitative estimate of drug-likeness (QED) is 0.672. The number of hydrogen-bond donors (Lipinski definition) is 0. The molecule has 22 heavy (non-hydrogen) atoms. The Morgan fingerprint density at radius 3 is 2.50 bits per heavy atom. The van der Waals surface area contributed by atoms with Gasteiger partial charge in [0.15, 0.2) is 0 Å². The molecule has 0 spiro atoms. The van der Waals surface area contributed by atoms with Crippen LogP contribution in [0.4, 0.5) is 0 Å². The number of thiophene rings is 1. The molecule has 1 aromatic heterocycles. The lowest BCUT2D eigenvalue weighted by Crippen LogP contribution is -2.25. The number of rotatable bonds is 5. The molecule has 2 aromatic rings. The monoisotopic (exact) mass is 447 g/mol. The summed E-state index contributed by atoms with van der Waals surface area (Å²) in [4.78, 5) is 14.8. The van der Waals surface area contributed by atoms with Crippen molar-refractivity contribution in [1.82, 2.24) is 4.90 Å². The smallest absolute Gasteiger partial charge is 0.264 e. The van der Waals surface area contributed by atoms with Crippen LogP contribution < -0.4 is 9.47 Å². The van der Waals surface area contributed by atoms with E-state index in [-0.39, 0.29) is 5.91 Å². The molecule has 0 saturated heterocycles. The van der Waals surface area contributed by atoms with Gasteiger partial charge in [-0.3, -0.25) is 4.79 Å². The van der Waals surface area contributed by atoms with Gasteiger partial charge in [0, 0.05) is 29.7 Å². The predicted molar refractivity (Wildman–Crippen MR) is 95.1 cm³/mol. The Balaban J connectivity index is 2.17. The van der Waals surface area contributed by atoms with Gasteiger partial charge in [-0.05, 0) is 50.1 Å². The first-order valence-electron chi connectivity index (χ1n) is 6.37. The maximum Gasteiger partial charge on any atom is 0.264 e. The van der Waals surface area contributed by atoms with Gasteiger partial charge in [0.25, 0.3) is 5.91 Å². The first kappa shape index (κ1) is 17.3. The van der Waals surface area contributed by atoms with Crippen molar-refractivity contribution >= 4 is 49.1 Å². The molecule has 0 aliphatic heterocycles. The van der Waals surface area contributed by atoms with Gasteiger partial charge in [-0.1, -0.05) is 0 Å². The summed E-state index contributed by atoms with van der Waals surface area (Å²) in [6.45, 7) is 0.457. The van der Waals surface area contributed by atoms with Crippen LogP contribution in [0.2, 0.25) is 0 Å². The van der Waals surface area contributed by atoms with Gasteiger partial charge >= 0.3 is 0 Å². The average molecular weight is 449 g/mol. The Hall–Kier alpha value is -1.05. The molecule has 118 valence electrons. The minimum Gasteiger partial charge on any atom is -0.497 e. The van der Waals surface area contributed by atoms with Crippen LogP contribution in [0.1, 0.15) is 15.2 Å². The number of ether oxygens (including phenoxy) is 2. The molecule has 4 nitrogen and oxygen atoms in total. The van der Waals surface area contributed by atoms with E-state index >= 15 is 0 Å². The summed E-state index contributed by atoms with van der Waals surface area (Å²) < 4.78 is 12.3. The zero-order chi connectivity index (χ0) is 16.3. The summed E-state index contributed by atoms with van der Waals surface area (Å²) in [6.07, 6.45) is 0. The van der Waals surface area contributed by atoms with Crippen molar-refractivity contribution in [3.8, 4) is 11.5 Å². The van der Waals surface area contributed by atoms with E-state index in [0.29, 0.717) is 17.2 Å². The highest BCUT2D eigenvalue weighted by Gasteiger charge is 2.18. The number of carbonyl (C=O) groups excluding carboxylic acids is 1. The van der Waals surface area contributed by atoms with Gasteiger partial charge in [0.1, 0.15) is 11.5 Å². The SMILES string of the molecule is COc1ccc(CN(C)C(=O)c2cc(Br)c(Br)s2)c(OC)c1. The number of methoxy groups -OCH3 is 2. The molecule has 0 bridgehead atoms. The van der Waals surface area contributed by atoms with E-state index in [9.17, 15) is 4.79 Å². The van der Waals surface area contributed by atoms with E-state index in [4.69, 9.17) is 9.47 Å². The van der Waals surface area contributed by atoms with Crippen molar-refractivity contribution in [3.05, 3.63) is 43.0 Å². The first-order valence-corrected chi connectivity index (χ1v) is 8.77. The third kappa shape index (κ3) is 3.83. The molecular weight excluding hydrogens is 434 g/mol. The molecular formula is C15H15Br2NO3S. The van der Waals surface area contributed by atoms with E-state index in [1.807, 2.05) is 24.3 Å². The standard InChI is InChI=1S/C15H15Br2NO3S/c1-18(15(19)13-7-11(16)14(17)22-13)8-9-4-5-10(20-2)6-12(9)21-3/h4-7H,8H2,1-3H3. The maximum atomic E-state index is 12.5.